The van der Waals surface area contributed by atoms with Gasteiger partial charge >= 0.3 is 5.97 Å². The molecule has 0 spiro atoms. The Kier molecular flexibility index (Phi) is 10.4. The molecule has 2 aromatic heterocycles. The normalized spacial score (nSPS) is 15.0. The van der Waals surface area contributed by atoms with Crippen LogP contribution < -0.4 is 5.32 Å². The summed E-state index contributed by atoms with van der Waals surface area (Å²) in [7, 11) is 0. The van der Waals surface area contributed by atoms with Crippen molar-refractivity contribution in [1.29, 1.82) is 0 Å². The first-order valence-corrected chi connectivity index (χ1v) is 16.2. The van der Waals surface area contributed by atoms with Gasteiger partial charge in [0.15, 0.2) is 5.82 Å². The van der Waals surface area contributed by atoms with E-state index in [0.29, 0.717) is 29.8 Å². The number of ether oxygens (including phenoxy) is 2. The van der Waals surface area contributed by atoms with Crippen LogP contribution in [-0.4, -0.2) is 56.7 Å². The van der Waals surface area contributed by atoms with E-state index in [-0.39, 0.29) is 31.3 Å². The third kappa shape index (κ3) is 8.14. The standard InChI is InChI=1S/C33H44ClN5O4S/c1-19(2)17-42-27(41)14-15-33(8,9)43-18-32(6,7)36-26(40)16-25-30-38-37-22(5)39(30)31-28(20(3)21(4)44-31)29(35-25)23-10-12-24(34)13-11-23/h10-13,19,25H,14-18H2,1-9H3,(H,36,40)/t25-/m0/s1. The first-order chi connectivity index (χ1) is 20.6. The van der Waals surface area contributed by atoms with E-state index < -0.39 is 17.2 Å². The Morgan fingerprint density at radius 3 is 2.43 bits per heavy atom. The monoisotopic (exact) mass is 641 g/mol. The summed E-state index contributed by atoms with van der Waals surface area (Å²) in [4.78, 5) is 32.0. The molecule has 1 atom stereocenters. The molecular formula is C33H44ClN5O4S. The molecule has 9 nitrogen and oxygen atoms in total. The van der Waals surface area contributed by atoms with Crippen molar-refractivity contribution in [1.82, 2.24) is 20.1 Å². The Bertz CT molecular complexity index is 1540. The van der Waals surface area contributed by atoms with Gasteiger partial charge in [-0.15, -0.1) is 21.5 Å². The number of aryl methyl sites for hydroxylation is 2. The number of hydrogen-bond acceptors (Lipinski definition) is 8. The minimum Gasteiger partial charge on any atom is -0.465 e. The van der Waals surface area contributed by atoms with Crippen LogP contribution in [0.25, 0.3) is 5.00 Å². The number of carbonyl (C=O) groups excluding carboxylic acids is 2. The lowest BCUT2D eigenvalue weighted by Gasteiger charge is -2.32. The Hall–Kier alpha value is -3.08. The molecule has 44 heavy (non-hydrogen) atoms. The molecular weight excluding hydrogens is 598 g/mol. The first kappa shape index (κ1) is 33.8. The fraction of sp³-hybridized carbons (Fsp3) is 0.545. The zero-order valence-electron chi connectivity index (χ0n) is 27.2. The molecule has 0 saturated carbocycles. The molecule has 1 N–H and O–H groups in total. The number of esters is 1. The average Bonchev–Trinajstić information content (AvgIpc) is 3.42. The van der Waals surface area contributed by atoms with E-state index in [1.165, 1.54) is 4.88 Å². The van der Waals surface area contributed by atoms with Crippen molar-refractivity contribution in [2.45, 2.75) is 98.8 Å². The van der Waals surface area contributed by atoms with E-state index in [4.69, 9.17) is 26.1 Å². The van der Waals surface area contributed by atoms with Crippen molar-refractivity contribution in [3.63, 3.8) is 0 Å². The fourth-order valence-electron chi connectivity index (χ4n) is 4.96. The van der Waals surface area contributed by atoms with E-state index in [9.17, 15) is 9.59 Å². The molecule has 0 fully saturated rings. The van der Waals surface area contributed by atoms with Gasteiger partial charge in [-0.3, -0.25) is 19.1 Å². The molecule has 0 aliphatic carbocycles. The molecule has 4 rings (SSSR count). The summed E-state index contributed by atoms with van der Waals surface area (Å²) in [5.41, 5.74) is 2.64. The van der Waals surface area contributed by atoms with Crippen LogP contribution in [0.5, 0.6) is 0 Å². The van der Waals surface area contributed by atoms with Crippen LogP contribution in [0.15, 0.2) is 29.3 Å². The molecule has 0 unspecified atom stereocenters. The van der Waals surface area contributed by atoms with Crippen molar-refractivity contribution < 1.29 is 19.1 Å². The number of benzene rings is 1. The van der Waals surface area contributed by atoms with Gasteiger partial charge in [-0.1, -0.05) is 37.6 Å². The summed E-state index contributed by atoms with van der Waals surface area (Å²) in [5, 5.41) is 13.6. The van der Waals surface area contributed by atoms with Gasteiger partial charge in [0.2, 0.25) is 5.91 Å². The highest BCUT2D eigenvalue weighted by Crippen LogP contribution is 2.39. The molecule has 1 aliphatic rings. The quantitative estimate of drug-likeness (QED) is 0.217. The molecule has 0 radical (unpaired) electrons. The zero-order chi connectivity index (χ0) is 32.4. The summed E-state index contributed by atoms with van der Waals surface area (Å²) >= 11 is 7.89. The maximum absolute atomic E-state index is 13.6. The number of hydrogen-bond donors (Lipinski definition) is 1. The Morgan fingerprint density at radius 1 is 1.09 bits per heavy atom. The van der Waals surface area contributed by atoms with Crippen molar-refractivity contribution in [2.24, 2.45) is 10.9 Å². The highest BCUT2D eigenvalue weighted by Gasteiger charge is 2.34. The fourth-order valence-corrected chi connectivity index (χ4v) is 6.30. The van der Waals surface area contributed by atoms with Crippen molar-refractivity contribution in [2.75, 3.05) is 13.2 Å². The average molecular weight is 642 g/mol. The number of aromatic nitrogens is 3. The molecule has 238 valence electrons. The summed E-state index contributed by atoms with van der Waals surface area (Å²) in [6.45, 7) is 18.5. The lowest BCUT2D eigenvalue weighted by molar-refractivity contribution is -0.146. The second-order valence-electron chi connectivity index (χ2n) is 13.2. The van der Waals surface area contributed by atoms with E-state index >= 15 is 0 Å². The number of nitrogens with zero attached hydrogens (tertiary/aromatic N) is 4. The third-order valence-corrected chi connectivity index (χ3v) is 8.99. The summed E-state index contributed by atoms with van der Waals surface area (Å²) in [6.07, 6.45) is 0.861. The molecule has 1 aromatic carbocycles. The Morgan fingerprint density at radius 2 is 1.77 bits per heavy atom. The number of carbonyl (C=O) groups is 2. The largest absolute Gasteiger partial charge is 0.465 e. The third-order valence-electron chi connectivity index (χ3n) is 7.55. The summed E-state index contributed by atoms with van der Waals surface area (Å²) < 4.78 is 13.5. The minimum absolute atomic E-state index is 0.0801. The predicted molar refractivity (Wildman–Crippen MR) is 175 cm³/mol. The molecule has 1 amide bonds. The SMILES string of the molecule is Cc1sc2c(c1C)C(c1ccc(Cl)cc1)=N[C@@H](CC(=O)NC(C)(C)COC(C)(C)CCC(=O)OCC(C)C)c1nnc(C)n1-2. The van der Waals surface area contributed by atoms with E-state index in [2.05, 4.69) is 29.4 Å². The zero-order valence-corrected chi connectivity index (χ0v) is 28.8. The van der Waals surface area contributed by atoms with Crippen LogP contribution >= 0.6 is 22.9 Å². The molecule has 0 bridgehead atoms. The smallest absolute Gasteiger partial charge is 0.305 e. The molecule has 1 aliphatic heterocycles. The van der Waals surface area contributed by atoms with Gasteiger partial charge in [-0.05, 0) is 78.5 Å². The highest BCUT2D eigenvalue weighted by molar-refractivity contribution is 7.15. The number of amides is 1. The number of fused-ring (bicyclic) bond motifs is 3. The second kappa shape index (κ2) is 13.5. The number of halogens is 1. The van der Waals surface area contributed by atoms with Crippen molar-refractivity contribution in [3.8, 4) is 5.00 Å². The molecule has 0 saturated heterocycles. The molecule has 3 heterocycles. The maximum atomic E-state index is 13.6. The second-order valence-corrected chi connectivity index (χ2v) is 14.8. The minimum atomic E-state index is -0.671. The lowest BCUT2D eigenvalue weighted by atomic mass is 9.99. The molecule has 3 aromatic rings. The van der Waals surface area contributed by atoms with Gasteiger partial charge < -0.3 is 14.8 Å². The van der Waals surface area contributed by atoms with Crippen molar-refractivity contribution >= 4 is 40.5 Å². The predicted octanol–water partition coefficient (Wildman–Crippen LogP) is 6.86. The van der Waals surface area contributed by atoms with Gasteiger partial charge in [0.05, 0.1) is 36.5 Å². The van der Waals surface area contributed by atoms with E-state index in [1.807, 2.05) is 77.3 Å². The summed E-state index contributed by atoms with van der Waals surface area (Å²) in [6, 6.07) is 7.06. The Labute approximate surface area is 269 Å². The van der Waals surface area contributed by atoms with Gasteiger partial charge in [-0.25, -0.2) is 0 Å². The number of nitrogens with one attached hydrogen (secondary N) is 1. The van der Waals surface area contributed by atoms with E-state index in [0.717, 1.165) is 33.2 Å². The highest BCUT2D eigenvalue weighted by atomic mass is 35.5. The Balaban J connectivity index is 1.51. The van der Waals surface area contributed by atoms with Crippen LogP contribution in [0, 0.1) is 26.7 Å². The maximum Gasteiger partial charge on any atom is 0.305 e. The number of aliphatic imine (C=N–C) groups is 1. The lowest BCUT2D eigenvalue weighted by Crippen LogP contribution is -2.49. The van der Waals surface area contributed by atoms with Crippen LogP contribution in [0.1, 0.15) is 100 Å². The van der Waals surface area contributed by atoms with Crippen LogP contribution in [0.3, 0.4) is 0 Å². The van der Waals surface area contributed by atoms with Gasteiger partial charge in [-0.2, -0.15) is 0 Å². The topological polar surface area (TPSA) is 108 Å². The van der Waals surface area contributed by atoms with Crippen molar-refractivity contribution in [3.05, 3.63) is 62.5 Å². The van der Waals surface area contributed by atoms with Gasteiger partial charge in [0.1, 0.15) is 16.9 Å². The molecule has 11 heteroatoms. The summed E-state index contributed by atoms with van der Waals surface area (Å²) in [5.74, 6) is 1.26. The van der Waals surface area contributed by atoms with Gasteiger partial charge in [0, 0.05) is 27.4 Å². The van der Waals surface area contributed by atoms with Crippen LogP contribution in [0.4, 0.5) is 0 Å². The van der Waals surface area contributed by atoms with Crippen LogP contribution in [-0.2, 0) is 19.1 Å². The number of thiophene rings is 1. The van der Waals surface area contributed by atoms with Gasteiger partial charge in [0.25, 0.3) is 0 Å². The van der Waals surface area contributed by atoms with E-state index in [1.54, 1.807) is 11.3 Å². The first-order valence-electron chi connectivity index (χ1n) is 15.0. The van der Waals surface area contributed by atoms with Crippen LogP contribution in [0.2, 0.25) is 5.02 Å². The number of rotatable bonds is 12.